The Morgan fingerprint density at radius 2 is 1.68 bits per heavy atom. The molecule has 2 atom stereocenters. The van der Waals surface area contributed by atoms with Gasteiger partial charge in [-0.15, -0.1) is 0 Å². The first-order valence-corrected chi connectivity index (χ1v) is 8.71. The Hall–Kier alpha value is -0.0800. The molecule has 0 heterocycles. The molecular formula is C17H34N2. The number of hydrogen-bond acceptors (Lipinski definition) is 2. The fraction of sp³-hybridized carbons (Fsp3) is 1.00. The summed E-state index contributed by atoms with van der Waals surface area (Å²) in [7, 11) is 0. The first-order valence-electron chi connectivity index (χ1n) is 8.71. The van der Waals surface area contributed by atoms with Gasteiger partial charge in [0.05, 0.1) is 0 Å². The maximum atomic E-state index is 3.79. The monoisotopic (exact) mass is 266 g/mol. The maximum absolute atomic E-state index is 3.79. The lowest BCUT2D eigenvalue weighted by Gasteiger charge is -2.41. The van der Waals surface area contributed by atoms with Crippen LogP contribution in [0.3, 0.4) is 0 Å². The SMILES string of the molecule is CCNC1CCCCCCC1N(CC1CC1)C(C)C. The van der Waals surface area contributed by atoms with Crippen molar-refractivity contribution >= 4 is 0 Å². The predicted molar refractivity (Wildman–Crippen MR) is 83.5 cm³/mol. The van der Waals surface area contributed by atoms with Crippen LogP contribution in [-0.4, -0.2) is 36.1 Å². The van der Waals surface area contributed by atoms with Gasteiger partial charge in [-0.3, -0.25) is 4.90 Å². The minimum atomic E-state index is 0.700. The number of rotatable bonds is 6. The van der Waals surface area contributed by atoms with Crippen LogP contribution in [0.1, 0.15) is 72.1 Å². The van der Waals surface area contributed by atoms with Crippen LogP contribution in [0.15, 0.2) is 0 Å². The molecule has 0 bridgehead atoms. The third-order valence-electron chi connectivity index (χ3n) is 4.95. The molecule has 0 aromatic heterocycles. The van der Waals surface area contributed by atoms with E-state index in [1.807, 2.05) is 0 Å². The zero-order chi connectivity index (χ0) is 13.7. The fourth-order valence-electron chi connectivity index (χ4n) is 3.69. The smallest absolute Gasteiger partial charge is 0.0252 e. The van der Waals surface area contributed by atoms with Crippen LogP contribution in [0.5, 0.6) is 0 Å². The van der Waals surface area contributed by atoms with Gasteiger partial charge in [-0.2, -0.15) is 0 Å². The lowest BCUT2D eigenvalue weighted by molar-refractivity contribution is 0.0968. The molecule has 0 spiro atoms. The van der Waals surface area contributed by atoms with Gasteiger partial charge in [0, 0.05) is 24.7 Å². The van der Waals surface area contributed by atoms with Crippen LogP contribution in [0, 0.1) is 5.92 Å². The molecule has 0 aromatic carbocycles. The van der Waals surface area contributed by atoms with Crippen molar-refractivity contribution in [2.24, 2.45) is 5.92 Å². The molecule has 0 radical (unpaired) electrons. The molecule has 0 aliphatic heterocycles. The number of likely N-dealkylation sites (N-methyl/N-ethyl adjacent to an activating group) is 1. The van der Waals surface area contributed by atoms with Gasteiger partial charge in [-0.25, -0.2) is 0 Å². The van der Waals surface area contributed by atoms with Crippen molar-refractivity contribution in [2.75, 3.05) is 13.1 Å². The summed E-state index contributed by atoms with van der Waals surface area (Å²) in [4.78, 5) is 2.83. The predicted octanol–water partition coefficient (Wildman–Crippen LogP) is 3.81. The molecule has 2 heteroatoms. The quantitative estimate of drug-likeness (QED) is 0.786. The summed E-state index contributed by atoms with van der Waals surface area (Å²) in [5, 5.41) is 3.79. The van der Waals surface area contributed by atoms with Gasteiger partial charge in [0.2, 0.25) is 0 Å². The molecule has 0 aromatic rings. The molecule has 19 heavy (non-hydrogen) atoms. The Bertz CT molecular complexity index is 248. The van der Waals surface area contributed by atoms with Crippen LogP contribution in [0.25, 0.3) is 0 Å². The van der Waals surface area contributed by atoms with Crippen LogP contribution >= 0.6 is 0 Å². The first kappa shape index (κ1) is 15.3. The zero-order valence-electron chi connectivity index (χ0n) is 13.3. The summed E-state index contributed by atoms with van der Waals surface area (Å²) < 4.78 is 0. The van der Waals surface area contributed by atoms with Crippen molar-refractivity contribution in [3.63, 3.8) is 0 Å². The van der Waals surface area contributed by atoms with Gasteiger partial charge in [-0.05, 0) is 52.0 Å². The molecule has 2 rings (SSSR count). The lowest BCUT2D eigenvalue weighted by Crippen LogP contribution is -2.53. The van der Waals surface area contributed by atoms with E-state index >= 15 is 0 Å². The van der Waals surface area contributed by atoms with E-state index in [2.05, 4.69) is 31.0 Å². The van der Waals surface area contributed by atoms with Crippen molar-refractivity contribution in [1.82, 2.24) is 10.2 Å². The molecule has 2 aliphatic carbocycles. The Kier molecular flexibility index (Phi) is 6.15. The van der Waals surface area contributed by atoms with E-state index in [-0.39, 0.29) is 0 Å². The molecule has 0 saturated heterocycles. The molecule has 2 nitrogen and oxygen atoms in total. The van der Waals surface area contributed by atoms with Gasteiger partial charge in [0.1, 0.15) is 0 Å². The average Bonchev–Trinajstić information content (AvgIpc) is 3.15. The molecule has 2 unspecified atom stereocenters. The van der Waals surface area contributed by atoms with E-state index in [0.29, 0.717) is 6.04 Å². The highest BCUT2D eigenvalue weighted by atomic mass is 15.2. The van der Waals surface area contributed by atoms with E-state index in [9.17, 15) is 0 Å². The molecule has 2 fully saturated rings. The standard InChI is InChI=1S/C17H34N2/c1-4-18-16-9-7-5-6-8-10-17(16)19(14(2)3)13-15-11-12-15/h14-18H,4-13H2,1-3H3. The van der Waals surface area contributed by atoms with Gasteiger partial charge in [0.25, 0.3) is 0 Å². The van der Waals surface area contributed by atoms with E-state index in [1.54, 1.807) is 0 Å². The third kappa shape index (κ3) is 4.75. The van der Waals surface area contributed by atoms with Gasteiger partial charge in [-0.1, -0.05) is 32.6 Å². The summed E-state index contributed by atoms with van der Waals surface area (Å²) in [5.41, 5.74) is 0. The Labute approximate surface area is 120 Å². The van der Waals surface area contributed by atoms with Crippen LogP contribution in [0.4, 0.5) is 0 Å². The van der Waals surface area contributed by atoms with Crippen molar-refractivity contribution in [3.8, 4) is 0 Å². The molecule has 0 amide bonds. The molecule has 2 saturated carbocycles. The Morgan fingerprint density at radius 1 is 1.00 bits per heavy atom. The topological polar surface area (TPSA) is 15.3 Å². The van der Waals surface area contributed by atoms with Crippen molar-refractivity contribution < 1.29 is 0 Å². The van der Waals surface area contributed by atoms with Gasteiger partial charge < -0.3 is 5.32 Å². The minimum Gasteiger partial charge on any atom is -0.313 e. The minimum absolute atomic E-state index is 0.700. The number of hydrogen-bond donors (Lipinski definition) is 1. The second kappa shape index (κ2) is 7.64. The number of nitrogens with zero attached hydrogens (tertiary/aromatic N) is 1. The second-order valence-corrected chi connectivity index (χ2v) is 6.96. The van der Waals surface area contributed by atoms with E-state index in [0.717, 1.165) is 24.5 Å². The lowest BCUT2D eigenvalue weighted by atomic mass is 9.90. The summed E-state index contributed by atoms with van der Waals surface area (Å²) >= 11 is 0. The van der Waals surface area contributed by atoms with Gasteiger partial charge in [0.15, 0.2) is 0 Å². The van der Waals surface area contributed by atoms with E-state index in [1.165, 1.54) is 57.9 Å². The molecule has 1 N–H and O–H groups in total. The van der Waals surface area contributed by atoms with E-state index < -0.39 is 0 Å². The normalized spacial score (nSPS) is 29.5. The Morgan fingerprint density at radius 3 is 2.26 bits per heavy atom. The van der Waals surface area contributed by atoms with Crippen molar-refractivity contribution in [2.45, 2.75) is 90.3 Å². The van der Waals surface area contributed by atoms with Crippen LogP contribution < -0.4 is 5.32 Å². The van der Waals surface area contributed by atoms with Gasteiger partial charge >= 0.3 is 0 Å². The van der Waals surface area contributed by atoms with Crippen molar-refractivity contribution in [3.05, 3.63) is 0 Å². The van der Waals surface area contributed by atoms with E-state index in [4.69, 9.17) is 0 Å². The summed E-state index contributed by atoms with van der Waals surface area (Å²) in [6.07, 6.45) is 11.5. The molecule has 2 aliphatic rings. The third-order valence-corrected chi connectivity index (χ3v) is 4.95. The fourth-order valence-corrected chi connectivity index (χ4v) is 3.69. The summed E-state index contributed by atoms with van der Waals surface area (Å²) in [6, 6.07) is 2.21. The maximum Gasteiger partial charge on any atom is 0.0252 e. The van der Waals surface area contributed by atoms with Crippen molar-refractivity contribution in [1.29, 1.82) is 0 Å². The average molecular weight is 266 g/mol. The summed E-state index contributed by atoms with van der Waals surface area (Å²) in [5.74, 6) is 1.01. The summed E-state index contributed by atoms with van der Waals surface area (Å²) in [6.45, 7) is 9.52. The first-order chi connectivity index (χ1) is 9.22. The molecule has 112 valence electrons. The van der Waals surface area contributed by atoms with Crippen LogP contribution in [-0.2, 0) is 0 Å². The largest absolute Gasteiger partial charge is 0.313 e. The second-order valence-electron chi connectivity index (χ2n) is 6.96. The zero-order valence-corrected chi connectivity index (χ0v) is 13.3. The molecular weight excluding hydrogens is 232 g/mol. The number of nitrogens with one attached hydrogen (secondary N) is 1. The van der Waals surface area contributed by atoms with Crippen LogP contribution in [0.2, 0.25) is 0 Å². The highest BCUT2D eigenvalue weighted by Gasteiger charge is 2.33. The highest BCUT2D eigenvalue weighted by Crippen LogP contribution is 2.33. The Balaban J connectivity index is 2.02. The highest BCUT2D eigenvalue weighted by molar-refractivity contribution is 4.90.